The van der Waals surface area contributed by atoms with Crippen LogP contribution >= 0.6 is 11.6 Å². The fraction of sp³-hybridized carbons (Fsp3) is 0.345. The van der Waals surface area contributed by atoms with Crippen LogP contribution in [0.15, 0.2) is 54.9 Å². The molecule has 0 unspecified atom stereocenters. The van der Waals surface area contributed by atoms with E-state index >= 15 is 0 Å². The molecule has 1 aliphatic heterocycles. The highest BCUT2D eigenvalue weighted by molar-refractivity contribution is 6.32. The molecule has 3 aromatic rings. The Morgan fingerprint density at radius 1 is 1.05 bits per heavy atom. The summed E-state index contributed by atoms with van der Waals surface area (Å²) >= 11 is 6.52. The average molecular weight is 514 g/mol. The quantitative estimate of drug-likeness (QED) is 0.375. The molecule has 188 valence electrons. The maximum absolute atomic E-state index is 13.3. The number of ketones is 1. The van der Waals surface area contributed by atoms with Gasteiger partial charge in [0.25, 0.3) is 0 Å². The smallest absolute Gasteiger partial charge is 0.164 e. The predicted molar refractivity (Wildman–Crippen MR) is 141 cm³/mol. The third kappa shape index (κ3) is 5.80. The first-order valence-electron chi connectivity index (χ1n) is 12.0. The van der Waals surface area contributed by atoms with Crippen LogP contribution in [-0.2, 0) is 0 Å². The Kier molecular flexibility index (Phi) is 7.06. The van der Waals surface area contributed by atoms with Crippen LogP contribution in [0.1, 0.15) is 62.9 Å². The number of aromatic nitrogens is 2. The molecular weight excluding hydrogens is 486 g/mol. The minimum atomic E-state index is -0.777. The Hall–Kier alpha value is -3.78. The zero-order valence-corrected chi connectivity index (χ0v) is 22.1. The van der Waals surface area contributed by atoms with Crippen molar-refractivity contribution in [1.29, 1.82) is 10.5 Å². The van der Waals surface area contributed by atoms with E-state index in [0.717, 1.165) is 5.56 Å². The van der Waals surface area contributed by atoms with E-state index in [9.17, 15) is 15.3 Å². The van der Waals surface area contributed by atoms with Gasteiger partial charge < -0.3 is 10.1 Å². The first kappa shape index (κ1) is 26.3. The van der Waals surface area contributed by atoms with Gasteiger partial charge in [-0.15, -0.1) is 0 Å². The van der Waals surface area contributed by atoms with E-state index in [0.29, 0.717) is 41.0 Å². The van der Waals surface area contributed by atoms with Crippen molar-refractivity contribution in [3.05, 3.63) is 71.0 Å². The molecule has 1 aromatic heterocycles. The molecule has 0 amide bonds. The van der Waals surface area contributed by atoms with Crippen molar-refractivity contribution >= 4 is 17.4 Å². The van der Waals surface area contributed by atoms with Gasteiger partial charge >= 0.3 is 0 Å². The summed E-state index contributed by atoms with van der Waals surface area (Å²) in [5.41, 5.74) is 0.823. The number of benzene rings is 2. The SMILES string of the molecule is CC1(C)CC(C#N)(CC(=O)c2ccc(Oc3cccc(-c4ccnnc4)c3C#N)c(Cl)c2)CC(C)(C)N1. The second-order valence-electron chi connectivity index (χ2n) is 10.9. The topological polar surface area (TPSA) is 112 Å². The lowest BCUT2D eigenvalue weighted by Gasteiger charge is -2.50. The fourth-order valence-corrected chi connectivity index (χ4v) is 5.93. The lowest BCUT2D eigenvalue weighted by Crippen LogP contribution is -2.61. The summed E-state index contributed by atoms with van der Waals surface area (Å²) in [7, 11) is 0. The second-order valence-corrected chi connectivity index (χ2v) is 11.3. The minimum Gasteiger partial charge on any atom is -0.454 e. The third-order valence-corrected chi connectivity index (χ3v) is 6.78. The molecular formula is C29H28ClN5O2. The van der Waals surface area contributed by atoms with Gasteiger partial charge in [-0.05, 0) is 70.9 Å². The van der Waals surface area contributed by atoms with Crippen LogP contribution < -0.4 is 10.1 Å². The van der Waals surface area contributed by atoms with Crippen LogP contribution in [0.25, 0.3) is 11.1 Å². The van der Waals surface area contributed by atoms with E-state index in [1.54, 1.807) is 54.9 Å². The lowest BCUT2D eigenvalue weighted by molar-refractivity contribution is 0.0672. The van der Waals surface area contributed by atoms with Crippen molar-refractivity contribution in [2.24, 2.45) is 5.41 Å². The Morgan fingerprint density at radius 3 is 2.38 bits per heavy atom. The van der Waals surface area contributed by atoms with Gasteiger partial charge in [0.2, 0.25) is 0 Å². The van der Waals surface area contributed by atoms with Crippen LogP contribution in [0.3, 0.4) is 0 Å². The number of Topliss-reactive ketones (excluding diaryl/α,β-unsaturated/α-hetero) is 1. The zero-order valence-electron chi connectivity index (χ0n) is 21.3. The summed E-state index contributed by atoms with van der Waals surface area (Å²) in [6.45, 7) is 8.23. The zero-order chi connectivity index (χ0) is 26.8. The van der Waals surface area contributed by atoms with Crippen molar-refractivity contribution in [1.82, 2.24) is 15.5 Å². The number of hydrogen-bond acceptors (Lipinski definition) is 7. The normalized spacial score (nSPS) is 17.3. The molecule has 1 aliphatic rings. The standard InChI is InChI=1S/C29H28ClN5O2/c1-27(2)16-29(18-32,17-28(3,4)35-27)13-24(36)19-8-9-26(23(30)12-19)37-25-7-5-6-21(22(25)14-31)20-10-11-33-34-15-20/h5-12,15,35H,13,16-17H2,1-4H3. The summed E-state index contributed by atoms with van der Waals surface area (Å²) < 4.78 is 6.01. The van der Waals surface area contributed by atoms with Crippen molar-refractivity contribution < 1.29 is 9.53 Å². The number of hydrogen-bond donors (Lipinski definition) is 1. The van der Waals surface area contributed by atoms with Gasteiger partial charge in [0.1, 0.15) is 23.1 Å². The number of carbonyl (C=O) groups is 1. The van der Waals surface area contributed by atoms with E-state index in [2.05, 4.69) is 55.3 Å². The maximum atomic E-state index is 13.3. The molecule has 7 nitrogen and oxygen atoms in total. The van der Waals surface area contributed by atoms with Crippen molar-refractivity contribution in [3.8, 4) is 34.8 Å². The number of carbonyl (C=O) groups excluding carboxylic acids is 1. The van der Waals surface area contributed by atoms with Gasteiger partial charge in [-0.3, -0.25) is 4.79 Å². The molecule has 1 N–H and O–H groups in total. The predicted octanol–water partition coefficient (Wildman–Crippen LogP) is 6.48. The summed E-state index contributed by atoms with van der Waals surface area (Å²) in [6, 6.07) is 16.5. The number of halogens is 1. The highest BCUT2D eigenvalue weighted by Crippen LogP contribution is 2.45. The number of piperidine rings is 1. The van der Waals surface area contributed by atoms with E-state index in [1.807, 2.05) is 0 Å². The summed E-state index contributed by atoms with van der Waals surface area (Å²) in [5, 5.41) is 31.4. The second kappa shape index (κ2) is 9.94. The Morgan fingerprint density at radius 2 is 1.78 bits per heavy atom. The third-order valence-electron chi connectivity index (χ3n) is 6.48. The van der Waals surface area contributed by atoms with E-state index in [-0.39, 0.29) is 28.3 Å². The highest BCUT2D eigenvalue weighted by Gasteiger charge is 2.48. The first-order valence-corrected chi connectivity index (χ1v) is 12.4. The van der Waals surface area contributed by atoms with Crippen LogP contribution in [0.5, 0.6) is 11.5 Å². The number of nitrogens with zero attached hydrogens (tertiary/aromatic N) is 4. The largest absolute Gasteiger partial charge is 0.454 e. The van der Waals surface area contributed by atoms with Crippen LogP contribution in [0.2, 0.25) is 5.02 Å². The maximum Gasteiger partial charge on any atom is 0.164 e. The first-order chi connectivity index (χ1) is 17.5. The molecule has 0 bridgehead atoms. The number of nitriles is 2. The van der Waals surface area contributed by atoms with Crippen LogP contribution in [0, 0.1) is 28.1 Å². The molecule has 1 fully saturated rings. The van der Waals surface area contributed by atoms with Gasteiger partial charge in [0, 0.05) is 34.2 Å². The van der Waals surface area contributed by atoms with Gasteiger partial charge in [0.15, 0.2) is 5.78 Å². The molecule has 0 radical (unpaired) electrons. The van der Waals surface area contributed by atoms with E-state index in [1.165, 1.54) is 0 Å². The molecule has 0 spiro atoms. The Bertz CT molecular complexity index is 1400. The van der Waals surface area contributed by atoms with Gasteiger partial charge in [0.05, 0.1) is 28.9 Å². The highest BCUT2D eigenvalue weighted by atomic mass is 35.5. The van der Waals surface area contributed by atoms with Gasteiger partial charge in [-0.25, -0.2) is 0 Å². The van der Waals surface area contributed by atoms with E-state index in [4.69, 9.17) is 16.3 Å². The number of nitrogens with one attached hydrogen (secondary N) is 1. The summed E-state index contributed by atoms with van der Waals surface area (Å²) in [4.78, 5) is 13.3. The van der Waals surface area contributed by atoms with Crippen LogP contribution in [0.4, 0.5) is 0 Å². The van der Waals surface area contributed by atoms with Gasteiger partial charge in [-0.2, -0.15) is 20.7 Å². The fourth-order valence-electron chi connectivity index (χ4n) is 5.71. The molecule has 1 saturated heterocycles. The van der Waals surface area contributed by atoms with Crippen LogP contribution in [-0.4, -0.2) is 27.1 Å². The molecule has 0 saturated carbocycles. The number of rotatable bonds is 6. The van der Waals surface area contributed by atoms with Crippen molar-refractivity contribution in [2.75, 3.05) is 0 Å². The Labute approximate surface area is 222 Å². The van der Waals surface area contributed by atoms with Crippen molar-refractivity contribution in [2.45, 2.75) is 58.0 Å². The minimum absolute atomic E-state index is 0.106. The summed E-state index contributed by atoms with van der Waals surface area (Å²) in [6.07, 6.45) is 4.38. The average Bonchev–Trinajstić information content (AvgIpc) is 2.83. The van der Waals surface area contributed by atoms with E-state index < -0.39 is 5.41 Å². The van der Waals surface area contributed by atoms with Crippen molar-refractivity contribution in [3.63, 3.8) is 0 Å². The Balaban J connectivity index is 1.58. The monoisotopic (exact) mass is 513 g/mol. The van der Waals surface area contributed by atoms with Gasteiger partial charge in [-0.1, -0.05) is 23.7 Å². The molecule has 0 aliphatic carbocycles. The molecule has 4 rings (SSSR count). The molecule has 0 atom stereocenters. The molecule has 2 aromatic carbocycles. The molecule has 2 heterocycles. The molecule has 8 heteroatoms. The summed E-state index contributed by atoms with van der Waals surface area (Å²) in [5.74, 6) is 0.507. The number of ether oxygens (including phenoxy) is 1. The molecule has 37 heavy (non-hydrogen) atoms. The lowest BCUT2D eigenvalue weighted by atomic mass is 9.64.